The van der Waals surface area contributed by atoms with Gasteiger partial charge in [0.15, 0.2) is 0 Å². The van der Waals surface area contributed by atoms with Crippen molar-refractivity contribution in [3.8, 4) is 0 Å². The molecule has 2 fully saturated rings. The van der Waals surface area contributed by atoms with Crippen LogP contribution in [0.25, 0.3) is 0 Å². The third-order valence-electron chi connectivity index (χ3n) is 3.49. The minimum atomic E-state index is -0.290. The van der Waals surface area contributed by atoms with Crippen molar-refractivity contribution in [3.05, 3.63) is 0 Å². The van der Waals surface area contributed by atoms with Crippen LogP contribution in [0, 0.1) is 0 Å². The van der Waals surface area contributed by atoms with Crippen molar-refractivity contribution in [2.45, 2.75) is 37.4 Å². The molecule has 3 N–H and O–H groups in total. The first kappa shape index (κ1) is 11.8. The number of nitrogens with two attached hydrogens (primary N) is 1. The average molecular weight is 228 g/mol. The maximum Gasteiger partial charge on any atom is 0.223 e. The lowest BCUT2D eigenvalue weighted by Crippen LogP contribution is -2.45. The van der Waals surface area contributed by atoms with Gasteiger partial charge in [-0.05, 0) is 12.8 Å². The van der Waals surface area contributed by atoms with E-state index in [0.29, 0.717) is 39.0 Å². The number of likely N-dealkylation sites (tertiary alicyclic amines) is 1. The molecular weight excluding hydrogens is 208 g/mol. The SMILES string of the molecule is NCCC(=O)N1CC[C@@]2(C[C@H](O)CCO2)C1. The molecule has 2 aliphatic heterocycles. The molecule has 0 aromatic heterocycles. The quantitative estimate of drug-likeness (QED) is 0.666. The number of aliphatic hydroxyl groups excluding tert-OH is 1. The molecule has 2 rings (SSSR count). The normalized spacial score (nSPS) is 34.6. The Morgan fingerprint density at radius 3 is 3.12 bits per heavy atom. The molecule has 92 valence electrons. The summed E-state index contributed by atoms with van der Waals surface area (Å²) in [5.74, 6) is 0.100. The van der Waals surface area contributed by atoms with Crippen molar-refractivity contribution in [2.24, 2.45) is 5.73 Å². The molecule has 2 heterocycles. The highest BCUT2D eigenvalue weighted by atomic mass is 16.5. The van der Waals surface area contributed by atoms with Gasteiger partial charge in [0.2, 0.25) is 5.91 Å². The number of carbonyl (C=O) groups excluding carboxylic acids is 1. The van der Waals surface area contributed by atoms with Crippen LogP contribution in [0.15, 0.2) is 0 Å². The molecule has 1 spiro atoms. The second kappa shape index (κ2) is 4.69. The van der Waals surface area contributed by atoms with E-state index in [4.69, 9.17) is 10.5 Å². The standard InChI is InChI=1S/C11H20N2O3/c12-4-1-10(15)13-5-3-11(8-13)7-9(14)2-6-16-11/h9,14H,1-8,12H2/t9-,11-/m1/s1. The zero-order chi connectivity index (χ0) is 11.6. The van der Waals surface area contributed by atoms with Crippen molar-refractivity contribution in [1.29, 1.82) is 0 Å². The Kier molecular flexibility index (Phi) is 3.47. The van der Waals surface area contributed by atoms with Crippen LogP contribution in [0.4, 0.5) is 0 Å². The molecule has 0 bridgehead atoms. The van der Waals surface area contributed by atoms with E-state index in [0.717, 1.165) is 13.0 Å². The number of ether oxygens (including phenoxy) is 1. The summed E-state index contributed by atoms with van der Waals surface area (Å²) in [6.45, 7) is 2.33. The van der Waals surface area contributed by atoms with Gasteiger partial charge in [0.25, 0.3) is 0 Å². The molecule has 0 unspecified atom stereocenters. The number of amides is 1. The van der Waals surface area contributed by atoms with Crippen molar-refractivity contribution in [1.82, 2.24) is 4.90 Å². The summed E-state index contributed by atoms with van der Waals surface area (Å²) in [5.41, 5.74) is 5.08. The number of hydrogen-bond acceptors (Lipinski definition) is 4. The number of aliphatic hydroxyl groups is 1. The molecule has 0 aromatic carbocycles. The van der Waals surface area contributed by atoms with Gasteiger partial charge in [0.05, 0.1) is 11.7 Å². The summed E-state index contributed by atoms with van der Waals surface area (Å²) in [6, 6.07) is 0. The van der Waals surface area contributed by atoms with E-state index in [-0.39, 0.29) is 17.6 Å². The van der Waals surface area contributed by atoms with Crippen LogP contribution in [0.5, 0.6) is 0 Å². The first-order chi connectivity index (χ1) is 7.65. The second-order valence-corrected chi connectivity index (χ2v) is 4.78. The van der Waals surface area contributed by atoms with Gasteiger partial charge in [0, 0.05) is 39.1 Å². The summed E-state index contributed by atoms with van der Waals surface area (Å²) in [6.07, 6.45) is 2.31. The summed E-state index contributed by atoms with van der Waals surface area (Å²) < 4.78 is 5.77. The Balaban J connectivity index is 1.93. The fourth-order valence-electron chi connectivity index (χ4n) is 2.63. The van der Waals surface area contributed by atoms with Crippen molar-refractivity contribution in [2.75, 3.05) is 26.2 Å². The third-order valence-corrected chi connectivity index (χ3v) is 3.49. The van der Waals surface area contributed by atoms with Gasteiger partial charge in [-0.15, -0.1) is 0 Å². The summed E-state index contributed by atoms with van der Waals surface area (Å²) in [5, 5.41) is 9.66. The predicted molar refractivity (Wildman–Crippen MR) is 58.8 cm³/mol. The van der Waals surface area contributed by atoms with Crippen LogP contribution in [0.1, 0.15) is 25.7 Å². The summed E-state index contributed by atoms with van der Waals surface area (Å²) >= 11 is 0. The zero-order valence-corrected chi connectivity index (χ0v) is 9.52. The molecule has 2 aliphatic rings. The Morgan fingerprint density at radius 1 is 1.62 bits per heavy atom. The Morgan fingerprint density at radius 2 is 2.44 bits per heavy atom. The van der Waals surface area contributed by atoms with E-state index < -0.39 is 0 Å². The van der Waals surface area contributed by atoms with Crippen LogP contribution >= 0.6 is 0 Å². The molecule has 0 radical (unpaired) electrons. The fraction of sp³-hybridized carbons (Fsp3) is 0.909. The lowest BCUT2D eigenvalue weighted by atomic mass is 9.91. The van der Waals surface area contributed by atoms with Crippen molar-refractivity contribution >= 4 is 5.91 Å². The number of hydrogen-bond donors (Lipinski definition) is 2. The smallest absolute Gasteiger partial charge is 0.223 e. The van der Waals surface area contributed by atoms with E-state index in [1.807, 2.05) is 4.90 Å². The minimum absolute atomic E-state index is 0.100. The largest absolute Gasteiger partial charge is 0.393 e. The number of nitrogens with zero attached hydrogens (tertiary/aromatic N) is 1. The first-order valence-corrected chi connectivity index (χ1v) is 5.95. The molecule has 5 heteroatoms. The molecule has 0 aromatic rings. The van der Waals surface area contributed by atoms with Gasteiger partial charge in [-0.25, -0.2) is 0 Å². The molecule has 16 heavy (non-hydrogen) atoms. The Hall–Kier alpha value is -0.650. The average Bonchev–Trinajstić information content (AvgIpc) is 2.62. The number of carbonyl (C=O) groups is 1. The van der Waals surface area contributed by atoms with Crippen molar-refractivity contribution in [3.63, 3.8) is 0 Å². The molecular formula is C11H20N2O3. The van der Waals surface area contributed by atoms with Gasteiger partial charge in [-0.2, -0.15) is 0 Å². The van der Waals surface area contributed by atoms with Crippen molar-refractivity contribution < 1.29 is 14.6 Å². The van der Waals surface area contributed by atoms with E-state index in [9.17, 15) is 9.90 Å². The lowest BCUT2D eigenvalue weighted by Gasteiger charge is -2.36. The lowest BCUT2D eigenvalue weighted by molar-refractivity contribution is -0.135. The van der Waals surface area contributed by atoms with Crippen LogP contribution in [-0.2, 0) is 9.53 Å². The topological polar surface area (TPSA) is 75.8 Å². The van der Waals surface area contributed by atoms with Gasteiger partial charge in [0.1, 0.15) is 0 Å². The summed E-state index contributed by atoms with van der Waals surface area (Å²) in [7, 11) is 0. The van der Waals surface area contributed by atoms with Crippen LogP contribution < -0.4 is 5.73 Å². The molecule has 0 saturated carbocycles. The maximum absolute atomic E-state index is 11.7. The van der Waals surface area contributed by atoms with Gasteiger partial charge >= 0.3 is 0 Å². The molecule has 1 amide bonds. The van der Waals surface area contributed by atoms with Crippen LogP contribution in [-0.4, -0.2) is 53.9 Å². The molecule has 0 aliphatic carbocycles. The highest BCUT2D eigenvalue weighted by Crippen LogP contribution is 2.34. The molecule has 2 saturated heterocycles. The predicted octanol–water partition coefficient (Wildman–Crippen LogP) is -0.522. The van der Waals surface area contributed by atoms with E-state index >= 15 is 0 Å². The Bertz CT molecular complexity index is 272. The highest BCUT2D eigenvalue weighted by Gasteiger charge is 2.43. The monoisotopic (exact) mass is 228 g/mol. The fourth-order valence-corrected chi connectivity index (χ4v) is 2.63. The van der Waals surface area contributed by atoms with Crippen LogP contribution in [0.2, 0.25) is 0 Å². The second-order valence-electron chi connectivity index (χ2n) is 4.78. The van der Waals surface area contributed by atoms with E-state index in [1.165, 1.54) is 0 Å². The zero-order valence-electron chi connectivity index (χ0n) is 9.52. The molecule has 2 atom stereocenters. The number of rotatable bonds is 2. The Labute approximate surface area is 95.5 Å². The van der Waals surface area contributed by atoms with Crippen LogP contribution in [0.3, 0.4) is 0 Å². The van der Waals surface area contributed by atoms with Gasteiger partial charge in [-0.3, -0.25) is 4.79 Å². The van der Waals surface area contributed by atoms with E-state index in [2.05, 4.69) is 0 Å². The minimum Gasteiger partial charge on any atom is -0.393 e. The first-order valence-electron chi connectivity index (χ1n) is 5.95. The maximum atomic E-state index is 11.7. The highest BCUT2D eigenvalue weighted by molar-refractivity contribution is 5.76. The molecule has 5 nitrogen and oxygen atoms in total. The summed E-state index contributed by atoms with van der Waals surface area (Å²) in [4.78, 5) is 13.5. The van der Waals surface area contributed by atoms with E-state index in [1.54, 1.807) is 0 Å². The van der Waals surface area contributed by atoms with Gasteiger partial charge in [-0.1, -0.05) is 0 Å². The third kappa shape index (κ3) is 2.36. The van der Waals surface area contributed by atoms with Gasteiger partial charge < -0.3 is 20.5 Å².